The number of aliphatic carboxylic acids is 1. The number of nitrogens with zero attached hydrogens (tertiary/aromatic N) is 2. The molecule has 1 aliphatic heterocycles. The van der Waals surface area contributed by atoms with Gasteiger partial charge >= 0.3 is 12.1 Å². The Labute approximate surface area is 127 Å². The van der Waals surface area contributed by atoms with Crippen LogP contribution in [-0.2, 0) is 9.53 Å². The van der Waals surface area contributed by atoms with Crippen molar-refractivity contribution in [1.82, 2.24) is 9.80 Å². The minimum Gasteiger partial charge on any atom is -0.479 e. The van der Waals surface area contributed by atoms with E-state index in [2.05, 4.69) is 4.90 Å². The van der Waals surface area contributed by atoms with Gasteiger partial charge in [-0.05, 0) is 54.5 Å². The van der Waals surface area contributed by atoms with Crippen LogP contribution in [0.3, 0.4) is 0 Å². The molecule has 6 nitrogen and oxygen atoms in total. The molecule has 21 heavy (non-hydrogen) atoms. The normalized spacial score (nSPS) is 27.2. The van der Waals surface area contributed by atoms with Gasteiger partial charge in [0.1, 0.15) is 11.1 Å². The van der Waals surface area contributed by atoms with Crippen molar-refractivity contribution in [1.29, 1.82) is 0 Å². The van der Waals surface area contributed by atoms with Crippen LogP contribution < -0.4 is 0 Å². The Bertz CT molecular complexity index is 405. The van der Waals surface area contributed by atoms with Crippen molar-refractivity contribution in [3.63, 3.8) is 0 Å². The first-order chi connectivity index (χ1) is 9.53. The van der Waals surface area contributed by atoms with Gasteiger partial charge in [-0.3, -0.25) is 4.90 Å². The fourth-order valence-corrected chi connectivity index (χ4v) is 2.81. The van der Waals surface area contributed by atoms with E-state index in [1.807, 2.05) is 14.0 Å². The molecule has 1 heterocycles. The summed E-state index contributed by atoms with van der Waals surface area (Å²) >= 11 is 0. The molecule has 1 N–H and O–H groups in total. The zero-order chi connectivity index (χ0) is 16.4. The van der Waals surface area contributed by atoms with Crippen LogP contribution in [0.15, 0.2) is 0 Å². The lowest BCUT2D eigenvalue weighted by Gasteiger charge is -2.47. The molecule has 1 aliphatic rings. The largest absolute Gasteiger partial charge is 0.479 e. The molecule has 0 radical (unpaired) electrons. The smallest absolute Gasteiger partial charge is 0.411 e. The number of hydrogen-bond acceptors (Lipinski definition) is 4. The molecule has 2 unspecified atom stereocenters. The Morgan fingerprint density at radius 3 is 2.38 bits per heavy atom. The maximum absolute atomic E-state index is 12.4. The molecule has 6 heteroatoms. The summed E-state index contributed by atoms with van der Waals surface area (Å²) in [6.07, 6.45) is 0.270. The molecule has 0 aromatic rings. The van der Waals surface area contributed by atoms with Gasteiger partial charge in [0, 0.05) is 19.1 Å². The van der Waals surface area contributed by atoms with Crippen molar-refractivity contribution in [3.05, 3.63) is 0 Å². The van der Waals surface area contributed by atoms with Crippen molar-refractivity contribution in [2.75, 3.05) is 20.1 Å². The summed E-state index contributed by atoms with van der Waals surface area (Å²) in [5.41, 5.74) is -1.82. The maximum atomic E-state index is 12.4. The average molecular weight is 300 g/mol. The van der Waals surface area contributed by atoms with E-state index in [1.54, 1.807) is 27.7 Å². The number of amides is 1. The van der Waals surface area contributed by atoms with Crippen LogP contribution in [0.4, 0.5) is 4.79 Å². The standard InChI is InChI=1S/C15H28N2O4/c1-7-17(13(20)21-14(3,4)5)15(12(18)19)8-9-16(6)11(2)10-15/h11H,7-10H2,1-6H3,(H,18,19). The van der Waals surface area contributed by atoms with E-state index in [0.29, 0.717) is 25.9 Å². The third kappa shape index (κ3) is 3.87. The number of rotatable bonds is 3. The number of carbonyl (C=O) groups excluding carboxylic acids is 1. The van der Waals surface area contributed by atoms with Crippen molar-refractivity contribution in [3.8, 4) is 0 Å². The van der Waals surface area contributed by atoms with Gasteiger partial charge < -0.3 is 14.7 Å². The lowest BCUT2D eigenvalue weighted by Crippen LogP contribution is -2.63. The van der Waals surface area contributed by atoms with Crippen LogP contribution in [0.5, 0.6) is 0 Å². The number of piperidine rings is 1. The van der Waals surface area contributed by atoms with Crippen LogP contribution in [0, 0.1) is 0 Å². The van der Waals surface area contributed by atoms with Gasteiger partial charge in [0.05, 0.1) is 0 Å². The Balaban J connectivity index is 3.07. The Hall–Kier alpha value is -1.30. The van der Waals surface area contributed by atoms with Crippen molar-refractivity contribution < 1.29 is 19.4 Å². The summed E-state index contributed by atoms with van der Waals surface area (Å²) in [6.45, 7) is 10.1. The summed E-state index contributed by atoms with van der Waals surface area (Å²) in [5.74, 6) is -0.949. The molecule has 1 amide bonds. The highest BCUT2D eigenvalue weighted by molar-refractivity contribution is 5.84. The molecule has 0 saturated carbocycles. The predicted octanol–water partition coefficient (Wildman–Crippen LogP) is 2.18. The Kier molecular flexibility index (Phi) is 5.25. The first-order valence-corrected chi connectivity index (χ1v) is 7.47. The molecule has 0 aliphatic carbocycles. The second-order valence-electron chi connectivity index (χ2n) is 6.85. The first-order valence-electron chi connectivity index (χ1n) is 7.47. The van der Waals surface area contributed by atoms with Gasteiger partial charge in [0.25, 0.3) is 0 Å². The molecule has 0 aromatic heterocycles. The lowest BCUT2D eigenvalue weighted by atomic mass is 9.82. The first kappa shape index (κ1) is 17.8. The minimum absolute atomic E-state index is 0.103. The van der Waals surface area contributed by atoms with E-state index in [0.717, 1.165) is 0 Å². The highest BCUT2D eigenvalue weighted by Crippen LogP contribution is 2.33. The number of likely N-dealkylation sites (N-methyl/N-ethyl adjacent to an activating group) is 1. The Morgan fingerprint density at radius 1 is 1.43 bits per heavy atom. The summed E-state index contributed by atoms with van der Waals surface area (Å²) in [5, 5.41) is 9.77. The van der Waals surface area contributed by atoms with Crippen LogP contribution in [-0.4, -0.2) is 64.3 Å². The molecule has 1 saturated heterocycles. The molecule has 1 fully saturated rings. The van der Waals surface area contributed by atoms with Crippen molar-refractivity contribution in [2.45, 2.75) is 64.6 Å². The molecule has 1 rings (SSSR count). The average Bonchev–Trinajstić information content (AvgIpc) is 2.32. The highest BCUT2D eigenvalue weighted by atomic mass is 16.6. The Morgan fingerprint density at radius 2 is 2.00 bits per heavy atom. The van der Waals surface area contributed by atoms with E-state index in [9.17, 15) is 14.7 Å². The zero-order valence-electron chi connectivity index (χ0n) is 14.0. The molecular weight excluding hydrogens is 272 g/mol. The third-order valence-electron chi connectivity index (χ3n) is 4.11. The van der Waals surface area contributed by atoms with Crippen LogP contribution >= 0.6 is 0 Å². The number of likely N-dealkylation sites (tertiary alicyclic amines) is 1. The third-order valence-corrected chi connectivity index (χ3v) is 4.11. The van der Waals surface area contributed by atoms with Crippen LogP contribution in [0.25, 0.3) is 0 Å². The lowest BCUT2D eigenvalue weighted by molar-refractivity contribution is -0.156. The van der Waals surface area contributed by atoms with Crippen LogP contribution in [0.1, 0.15) is 47.5 Å². The van der Waals surface area contributed by atoms with E-state index in [1.165, 1.54) is 4.90 Å². The molecule has 0 aromatic carbocycles. The van der Waals surface area contributed by atoms with E-state index >= 15 is 0 Å². The summed E-state index contributed by atoms with van der Waals surface area (Å²) < 4.78 is 5.39. The molecule has 0 bridgehead atoms. The number of ether oxygens (including phenoxy) is 1. The second-order valence-corrected chi connectivity index (χ2v) is 6.85. The van der Waals surface area contributed by atoms with Gasteiger partial charge in [0.15, 0.2) is 0 Å². The van der Waals surface area contributed by atoms with Gasteiger partial charge in [-0.15, -0.1) is 0 Å². The summed E-state index contributed by atoms with van der Waals surface area (Å²) in [6, 6.07) is 0.103. The van der Waals surface area contributed by atoms with Gasteiger partial charge in [-0.25, -0.2) is 9.59 Å². The quantitative estimate of drug-likeness (QED) is 0.865. The van der Waals surface area contributed by atoms with Gasteiger partial charge in [0.2, 0.25) is 0 Å². The molecular formula is C15H28N2O4. The van der Waals surface area contributed by atoms with Crippen molar-refractivity contribution in [2.24, 2.45) is 0 Å². The van der Waals surface area contributed by atoms with Gasteiger partial charge in [-0.1, -0.05) is 0 Å². The molecule has 2 atom stereocenters. The van der Waals surface area contributed by atoms with E-state index < -0.39 is 23.2 Å². The van der Waals surface area contributed by atoms with Crippen LogP contribution in [0.2, 0.25) is 0 Å². The number of carbonyl (C=O) groups is 2. The van der Waals surface area contributed by atoms with E-state index in [-0.39, 0.29) is 6.04 Å². The predicted molar refractivity (Wildman–Crippen MR) is 80.3 cm³/mol. The molecule has 0 spiro atoms. The number of carboxylic acids is 1. The monoisotopic (exact) mass is 300 g/mol. The fraction of sp³-hybridized carbons (Fsp3) is 0.867. The SMILES string of the molecule is CCN(C(=O)OC(C)(C)C)C1(C(=O)O)CCN(C)C(C)C1. The fourth-order valence-electron chi connectivity index (χ4n) is 2.81. The van der Waals surface area contributed by atoms with Gasteiger partial charge in [-0.2, -0.15) is 0 Å². The van der Waals surface area contributed by atoms with E-state index in [4.69, 9.17) is 4.74 Å². The minimum atomic E-state index is -1.18. The summed E-state index contributed by atoms with van der Waals surface area (Å²) in [7, 11) is 1.97. The zero-order valence-corrected chi connectivity index (χ0v) is 14.0. The highest BCUT2D eigenvalue weighted by Gasteiger charge is 2.50. The van der Waals surface area contributed by atoms with Crippen molar-refractivity contribution >= 4 is 12.1 Å². The number of hydrogen-bond donors (Lipinski definition) is 1. The number of carboxylic acid groups (broad SMARTS) is 1. The molecule has 122 valence electrons. The summed E-state index contributed by atoms with van der Waals surface area (Å²) in [4.78, 5) is 27.8. The second kappa shape index (κ2) is 6.22. The topological polar surface area (TPSA) is 70.1 Å². The maximum Gasteiger partial charge on any atom is 0.411 e.